The Balaban J connectivity index is 2.37. The van der Waals surface area contributed by atoms with Gasteiger partial charge in [-0.25, -0.2) is 8.42 Å². The van der Waals surface area contributed by atoms with Gasteiger partial charge in [-0.1, -0.05) is 12.8 Å². The van der Waals surface area contributed by atoms with Crippen molar-refractivity contribution in [3.8, 4) is 0 Å². The van der Waals surface area contributed by atoms with Crippen molar-refractivity contribution < 1.29 is 8.42 Å². The van der Waals surface area contributed by atoms with E-state index in [0.717, 1.165) is 25.7 Å². The summed E-state index contributed by atoms with van der Waals surface area (Å²) in [5.74, 6) is 0. The molecule has 0 aliphatic carbocycles. The number of thiophene rings is 1. The molecule has 3 nitrogen and oxygen atoms in total. The fraction of sp³-hybridized carbons (Fsp3) is 0.667. The van der Waals surface area contributed by atoms with Crippen LogP contribution in [0.1, 0.15) is 42.2 Å². The fourth-order valence-corrected chi connectivity index (χ4v) is 4.74. The lowest BCUT2D eigenvalue weighted by molar-refractivity contribution is 0.335. The summed E-state index contributed by atoms with van der Waals surface area (Å²) in [6, 6.07) is 2.14. The Hall–Kier alpha value is -0.390. The van der Waals surface area contributed by atoms with Crippen molar-refractivity contribution in [2.45, 2.75) is 38.6 Å². The smallest absolute Gasteiger partial charge is 0.211 e. The van der Waals surface area contributed by atoms with Gasteiger partial charge in [-0.2, -0.15) is 4.31 Å². The van der Waals surface area contributed by atoms with Gasteiger partial charge >= 0.3 is 0 Å². The second kappa shape index (κ2) is 5.08. The van der Waals surface area contributed by atoms with Crippen LogP contribution >= 0.6 is 11.3 Å². The second-order valence-corrected chi connectivity index (χ2v) is 7.59. The van der Waals surface area contributed by atoms with Gasteiger partial charge < -0.3 is 0 Å². The van der Waals surface area contributed by atoms with Crippen LogP contribution in [0.2, 0.25) is 0 Å². The molecule has 17 heavy (non-hydrogen) atoms. The summed E-state index contributed by atoms with van der Waals surface area (Å²) in [5.41, 5.74) is 1.22. The maximum atomic E-state index is 11.9. The largest absolute Gasteiger partial charge is 0.212 e. The summed E-state index contributed by atoms with van der Waals surface area (Å²) in [5, 5.41) is 2.05. The first kappa shape index (κ1) is 13.1. The summed E-state index contributed by atoms with van der Waals surface area (Å²) < 4.78 is 25.5. The average Bonchev–Trinajstić information content (AvgIpc) is 2.52. The predicted octanol–water partition coefficient (Wildman–Crippen LogP) is 2.93. The maximum Gasteiger partial charge on any atom is 0.211 e. The van der Waals surface area contributed by atoms with E-state index in [1.165, 1.54) is 16.7 Å². The molecule has 1 aliphatic heterocycles. The van der Waals surface area contributed by atoms with Crippen LogP contribution in [0.4, 0.5) is 0 Å². The Morgan fingerprint density at radius 1 is 1.35 bits per heavy atom. The van der Waals surface area contributed by atoms with Crippen molar-refractivity contribution in [1.82, 2.24) is 4.31 Å². The summed E-state index contributed by atoms with van der Waals surface area (Å²) in [6.45, 7) is 2.73. The molecule has 1 saturated heterocycles. The molecule has 0 N–H and O–H groups in total. The Bertz CT molecular complexity index is 478. The lowest BCUT2D eigenvalue weighted by Gasteiger charge is -2.27. The Morgan fingerprint density at radius 2 is 2.12 bits per heavy atom. The van der Waals surface area contributed by atoms with E-state index in [9.17, 15) is 8.42 Å². The van der Waals surface area contributed by atoms with Crippen molar-refractivity contribution in [1.29, 1.82) is 0 Å². The molecule has 1 aromatic heterocycles. The van der Waals surface area contributed by atoms with Crippen molar-refractivity contribution in [3.63, 3.8) is 0 Å². The fourth-order valence-electron chi connectivity index (χ4n) is 2.47. The third-order valence-electron chi connectivity index (χ3n) is 3.33. The lowest BCUT2D eigenvalue weighted by Crippen LogP contribution is -2.33. The predicted molar refractivity (Wildman–Crippen MR) is 71.8 cm³/mol. The van der Waals surface area contributed by atoms with Crippen LogP contribution in [-0.4, -0.2) is 25.5 Å². The minimum Gasteiger partial charge on any atom is -0.212 e. The molecule has 1 fully saturated rings. The molecule has 0 spiro atoms. The third kappa shape index (κ3) is 2.89. The van der Waals surface area contributed by atoms with Crippen LogP contribution in [0.5, 0.6) is 0 Å². The minimum absolute atomic E-state index is 0.0625. The molecule has 2 heterocycles. The van der Waals surface area contributed by atoms with Crippen LogP contribution in [-0.2, 0) is 10.0 Å². The zero-order valence-electron chi connectivity index (χ0n) is 10.3. The third-order valence-corrected chi connectivity index (χ3v) is 5.74. The summed E-state index contributed by atoms with van der Waals surface area (Å²) in [4.78, 5) is 1.22. The molecule has 0 saturated carbocycles. The Morgan fingerprint density at radius 3 is 2.71 bits per heavy atom. The molecule has 0 bridgehead atoms. The Kier molecular flexibility index (Phi) is 3.90. The second-order valence-electron chi connectivity index (χ2n) is 4.71. The summed E-state index contributed by atoms with van der Waals surface area (Å²) >= 11 is 1.68. The molecule has 2 rings (SSSR count). The number of rotatable bonds is 2. The molecule has 0 unspecified atom stereocenters. The van der Waals surface area contributed by atoms with Crippen LogP contribution in [0.15, 0.2) is 11.4 Å². The number of sulfonamides is 1. The highest BCUT2D eigenvalue weighted by Gasteiger charge is 2.30. The molecule has 96 valence electrons. The Labute approximate surface area is 108 Å². The van der Waals surface area contributed by atoms with Crippen LogP contribution < -0.4 is 0 Å². The molecule has 0 aromatic carbocycles. The van der Waals surface area contributed by atoms with Gasteiger partial charge in [0.15, 0.2) is 0 Å². The molecule has 1 aromatic rings. The first-order valence-electron chi connectivity index (χ1n) is 6.01. The van der Waals surface area contributed by atoms with Gasteiger partial charge in [0.25, 0.3) is 0 Å². The van der Waals surface area contributed by atoms with Gasteiger partial charge in [-0.3, -0.25) is 0 Å². The first-order chi connectivity index (χ1) is 8.00. The number of hydrogen-bond acceptors (Lipinski definition) is 3. The minimum atomic E-state index is -3.10. The normalized spacial score (nSPS) is 23.5. The van der Waals surface area contributed by atoms with Crippen molar-refractivity contribution in [3.05, 3.63) is 21.9 Å². The average molecular weight is 273 g/mol. The molecule has 0 radical (unpaired) electrons. The monoisotopic (exact) mass is 273 g/mol. The zero-order chi connectivity index (χ0) is 12.5. The SMILES string of the molecule is Cc1ccsc1[C@@H]1CCCCCN1S(C)(=O)=O. The van der Waals surface area contributed by atoms with E-state index in [2.05, 4.69) is 18.4 Å². The van der Waals surface area contributed by atoms with Crippen LogP contribution in [0.25, 0.3) is 0 Å². The quantitative estimate of drug-likeness (QED) is 0.831. The van der Waals surface area contributed by atoms with Gasteiger partial charge in [-0.15, -0.1) is 11.3 Å². The van der Waals surface area contributed by atoms with Gasteiger partial charge in [0.05, 0.1) is 12.3 Å². The van der Waals surface area contributed by atoms with E-state index < -0.39 is 10.0 Å². The molecule has 1 aliphatic rings. The van der Waals surface area contributed by atoms with Gasteiger partial charge in [0.2, 0.25) is 10.0 Å². The molecule has 0 amide bonds. The van der Waals surface area contributed by atoms with Gasteiger partial charge in [0.1, 0.15) is 0 Å². The molecule has 5 heteroatoms. The van der Waals surface area contributed by atoms with E-state index in [1.54, 1.807) is 15.6 Å². The molecule has 1 atom stereocenters. The number of hydrogen-bond donors (Lipinski definition) is 0. The molecular weight excluding hydrogens is 254 g/mol. The lowest BCUT2D eigenvalue weighted by atomic mass is 10.1. The van der Waals surface area contributed by atoms with E-state index in [1.807, 2.05) is 0 Å². The molecular formula is C12H19NO2S2. The van der Waals surface area contributed by atoms with E-state index in [4.69, 9.17) is 0 Å². The first-order valence-corrected chi connectivity index (χ1v) is 8.74. The number of nitrogens with zero attached hydrogens (tertiary/aromatic N) is 1. The van der Waals surface area contributed by atoms with E-state index >= 15 is 0 Å². The van der Waals surface area contributed by atoms with Gasteiger partial charge in [0, 0.05) is 11.4 Å². The topological polar surface area (TPSA) is 37.4 Å². The van der Waals surface area contributed by atoms with Crippen LogP contribution in [0, 0.1) is 6.92 Å². The highest BCUT2D eigenvalue weighted by atomic mass is 32.2. The van der Waals surface area contributed by atoms with Crippen molar-refractivity contribution in [2.75, 3.05) is 12.8 Å². The maximum absolute atomic E-state index is 11.9. The van der Waals surface area contributed by atoms with Crippen molar-refractivity contribution in [2.24, 2.45) is 0 Å². The van der Waals surface area contributed by atoms with Crippen LogP contribution in [0.3, 0.4) is 0 Å². The van der Waals surface area contributed by atoms with E-state index in [-0.39, 0.29) is 6.04 Å². The van der Waals surface area contributed by atoms with Crippen molar-refractivity contribution >= 4 is 21.4 Å². The summed E-state index contributed by atoms with van der Waals surface area (Å²) in [6.07, 6.45) is 5.51. The van der Waals surface area contributed by atoms with E-state index in [0.29, 0.717) is 6.54 Å². The summed E-state index contributed by atoms with van der Waals surface area (Å²) in [7, 11) is -3.10. The van der Waals surface area contributed by atoms with Gasteiger partial charge in [-0.05, 0) is 36.8 Å². The zero-order valence-corrected chi connectivity index (χ0v) is 12.0. The number of aryl methyl sites for hydroxylation is 1. The highest BCUT2D eigenvalue weighted by Crippen LogP contribution is 2.36. The standard InChI is InChI=1S/C12H19NO2S2/c1-10-7-9-16-12(10)11-6-4-3-5-8-13(11)17(2,14)15/h7,9,11H,3-6,8H2,1-2H3/t11-/m0/s1. The highest BCUT2D eigenvalue weighted by molar-refractivity contribution is 7.88.